The molecule has 2 aromatic rings. The van der Waals surface area contributed by atoms with E-state index in [0.717, 1.165) is 6.26 Å². The molecule has 2 aliphatic rings. The summed E-state index contributed by atoms with van der Waals surface area (Å²) in [5, 5.41) is 7.82. The fourth-order valence-corrected chi connectivity index (χ4v) is 3.60. The predicted molar refractivity (Wildman–Crippen MR) is 115 cm³/mol. The summed E-state index contributed by atoms with van der Waals surface area (Å²) in [7, 11) is -0.306. The van der Waals surface area contributed by atoms with E-state index in [1.807, 2.05) is 0 Å². The van der Waals surface area contributed by atoms with Gasteiger partial charge >= 0.3 is 0 Å². The minimum absolute atomic E-state index is 0.0944. The molecule has 0 radical (unpaired) electrons. The summed E-state index contributed by atoms with van der Waals surface area (Å²) < 4.78 is 34.4. The number of rotatable bonds is 5. The Balaban J connectivity index is 1.76. The fourth-order valence-electron chi connectivity index (χ4n) is 3.01. The first kappa shape index (κ1) is 19.7. The van der Waals surface area contributed by atoms with Gasteiger partial charge in [-0.05, 0) is 5.10 Å². The van der Waals surface area contributed by atoms with Crippen LogP contribution in [0.1, 0.15) is 0 Å². The number of quaternary nitrogens is 1. The number of fused-ring (bicyclic) bond motifs is 1. The predicted octanol–water partition coefficient (Wildman–Crippen LogP) is 2.16. The van der Waals surface area contributed by atoms with Crippen molar-refractivity contribution in [3.8, 4) is 11.5 Å². The van der Waals surface area contributed by atoms with Crippen LogP contribution in [-0.2, 0) is 9.84 Å². The minimum atomic E-state index is -3.44. The Bertz CT molecular complexity index is 1210. The van der Waals surface area contributed by atoms with Crippen LogP contribution in [0.15, 0.2) is 69.0 Å². The normalized spacial score (nSPS) is 19.7. The zero-order chi connectivity index (χ0) is 21.4. The number of ether oxygens (including phenoxy) is 2. The molecular formula is C19H19N6O4S+. The molecule has 10 nitrogen and oxygen atoms in total. The SMILES string of the molecule is COc1cc(NC2=N[N+]3(c4cncc(S(C)(=O)=O)c4)C=CN=CC3=N2)cc(OC)c1. The molecule has 30 heavy (non-hydrogen) atoms. The number of hydrogen-bond acceptors (Lipinski definition) is 9. The van der Waals surface area contributed by atoms with Crippen molar-refractivity contribution in [3.05, 3.63) is 49.1 Å². The lowest BCUT2D eigenvalue weighted by atomic mass is 10.3. The van der Waals surface area contributed by atoms with Crippen molar-refractivity contribution in [1.82, 2.24) is 9.58 Å². The van der Waals surface area contributed by atoms with Crippen LogP contribution in [0.25, 0.3) is 0 Å². The van der Waals surface area contributed by atoms with Gasteiger partial charge in [0.25, 0.3) is 11.8 Å². The van der Waals surface area contributed by atoms with Gasteiger partial charge in [0.05, 0.1) is 31.5 Å². The van der Waals surface area contributed by atoms with Gasteiger partial charge in [-0.15, -0.1) is 0 Å². The first-order valence-electron chi connectivity index (χ1n) is 8.79. The minimum Gasteiger partial charge on any atom is -0.497 e. The smallest absolute Gasteiger partial charge is 0.287 e. The summed E-state index contributed by atoms with van der Waals surface area (Å²) in [6, 6.07) is 6.84. The molecule has 1 aromatic carbocycles. The van der Waals surface area contributed by atoms with Gasteiger partial charge in [-0.3, -0.25) is 9.98 Å². The van der Waals surface area contributed by atoms with E-state index in [0.29, 0.717) is 34.7 Å². The van der Waals surface area contributed by atoms with E-state index in [1.54, 1.807) is 57.2 Å². The Morgan fingerprint density at radius 2 is 1.77 bits per heavy atom. The molecule has 1 N–H and O–H groups in total. The quantitative estimate of drug-likeness (QED) is 0.732. The highest BCUT2D eigenvalue weighted by molar-refractivity contribution is 7.90. The van der Waals surface area contributed by atoms with Gasteiger partial charge in [0.1, 0.15) is 17.7 Å². The average Bonchev–Trinajstić information content (AvgIpc) is 3.12. The molecule has 4 rings (SSSR count). The van der Waals surface area contributed by atoms with Crippen LogP contribution in [0.2, 0.25) is 0 Å². The Labute approximate surface area is 173 Å². The second kappa shape index (κ2) is 7.35. The number of methoxy groups -OCH3 is 2. The summed E-state index contributed by atoms with van der Waals surface area (Å²) >= 11 is 0. The molecule has 2 aliphatic heterocycles. The Morgan fingerprint density at radius 1 is 1.03 bits per heavy atom. The molecule has 0 fully saturated rings. The first-order chi connectivity index (χ1) is 14.3. The molecule has 0 amide bonds. The monoisotopic (exact) mass is 427 g/mol. The zero-order valence-electron chi connectivity index (χ0n) is 16.5. The van der Waals surface area contributed by atoms with Gasteiger partial charge in [0.15, 0.2) is 21.7 Å². The summed E-state index contributed by atoms with van der Waals surface area (Å²) in [6.07, 6.45) is 8.83. The second-order valence-electron chi connectivity index (χ2n) is 6.53. The van der Waals surface area contributed by atoms with Crippen molar-refractivity contribution in [2.45, 2.75) is 4.90 Å². The van der Waals surface area contributed by atoms with E-state index >= 15 is 0 Å². The number of hydrogen-bond donors (Lipinski definition) is 1. The molecule has 0 spiro atoms. The lowest BCUT2D eigenvalue weighted by Crippen LogP contribution is -2.44. The maximum atomic E-state index is 12.0. The van der Waals surface area contributed by atoms with Crippen molar-refractivity contribution >= 4 is 39.2 Å². The number of benzene rings is 1. The number of sulfone groups is 1. The zero-order valence-corrected chi connectivity index (χ0v) is 17.3. The molecule has 0 bridgehead atoms. The molecule has 1 aromatic heterocycles. The number of amidine groups is 1. The highest BCUT2D eigenvalue weighted by Gasteiger charge is 2.43. The number of aliphatic imine (C=N–C) groups is 2. The van der Waals surface area contributed by atoms with E-state index < -0.39 is 9.84 Å². The molecule has 0 saturated heterocycles. The lowest BCUT2D eigenvalue weighted by molar-refractivity contribution is 0.395. The fraction of sp³-hybridized carbons (Fsp3) is 0.158. The van der Waals surface area contributed by atoms with E-state index in [2.05, 4.69) is 25.4 Å². The van der Waals surface area contributed by atoms with Crippen LogP contribution in [-0.4, -0.2) is 51.9 Å². The van der Waals surface area contributed by atoms with Crippen LogP contribution >= 0.6 is 0 Å². The third-order valence-corrected chi connectivity index (χ3v) is 5.59. The van der Waals surface area contributed by atoms with Crippen LogP contribution in [0.4, 0.5) is 11.4 Å². The Kier molecular flexibility index (Phi) is 4.84. The van der Waals surface area contributed by atoms with Gasteiger partial charge in [-0.2, -0.15) is 4.99 Å². The largest absolute Gasteiger partial charge is 0.497 e. The summed E-state index contributed by atoms with van der Waals surface area (Å²) in [4.78, 5) is 12.8. The highest BCUT2D eigenvalue weighted by atomic mass is 32.2. The maximum Gasteiger partial charge on any atom is 0.287 e. The summed E-state index contributed by atoms with van der Waals surface area (Å²) in [5.74, 6) is 2.01. The van der Waals surface area contributed by atoms with Crippen LogP contribution in [0.5, 0.6) is 11.5 Å². The van der Waals surface area contributed by atoms with Crippen LogP contribution < -0.4 is 19.4 Å². The van der Waals surface area contributed by atoms with Gasteiger partial charge in [-0.25, -0.2) is 8.42 Å². The maximum absolute atomic E-state index is 12.0. The first-order valence-corrected chi connectivity index (χ1v) is 10.7. The molecule has 11 heteroatoms. The van der Waals surface area contributed by atoms with Gasteiger partial charge in [0, 0.05) is 42.4 Å². The van der Waals surface area contributed by atoms with E-state index in [9.17, 15) is 8.42 Å². The van der Waals surface area contributed by atoms with Crippen molar-refractivity contribution in [2.75, 3.05) is 25.8 Å². The van der Waals surface area contributed by atoms with Gasteiger partial charge in [0.2, 0.25) is 0 Å². The number of anilines is 1. The summed E-state index contributed by atoms with van der Waals surface area (Å²) in [6.45, 7) is 0. The molecule has 1 unspecified atom stereocenters. The number of pyridine rings is 1. The van der Waals surface area contributed by atoms with Crippen molar-refractivity contribution in [3.63, 3.8) is 0 Å². The Morgan fingerprint density at radius 3 is 2.43 bits per heavy atom. The van der Waals surface area contributed by atoms with E-state index in [1.165, 1.54) is 12.3 Å². The second-order valence-corrected chi connectivity index (χ2v) is 8.55. The molecule has 0 aliphatic carbocycles. The average molecular weight is 427 g/mol. The van der Waals surface area contributed by atoms with Crippen molar-refractivity contribution in [2.24, 2.45) is 15.1 Å². The third-order valence-electron chi connectivity index (χ3n) is 4.51. The molecule has 3 heterocycles. The van der Waals surface area contributed by atoms with Crippen LogP contribution in [0.3, 0.4) is 0 Å². The molecular weight excluding hydrogens is 408 g/mol. The topological polar surface area (TPSA) is 115 Å². The number of aromatic nitrogens is 1. The molecule has 1 atom stereocenters. The molecule has 154 valence electrons. The Hall–Kier alpha value is -3.57. The van der Waals surface area contributed by atoms with Gasteiger partial charge in [-0.1, -0.05) is 4.59 Å². The van der Waals surface area contributed by atoms with Gasteiger partial charge < -0.3 is 14.8 Å². The van der Waals surface area contributed by atoms with Crippen molar-refractivity contribution in [1.29, 1.82) is 0 Å². The summed E-state index contributed by atoms with van der Waals surface area (Å²) in [5.41, 5.74) is 1.18. The number of nitrogens with one attached hydrogen (secondary N) is 1. The van der Waals surface area contributed by atoms with Crippen LogP contribution in [0, 0.1) is 0 Å². The van der Waals surface area contributed by atoms with E-state index in [4.69, 9.17) is 9.47 Å². The molecule has 0 saturated carbocycles. The number of guanidine groups is 1. The van der Waals surface area contributed by atoms with Crippen molar-refractivity contribution < 1.29 is 17.9 Å². The highest BCUT2D eigenvalue weighted by Crippen LogP contribution is 2.32. The van der Waals surface area contributed by atoms with E-state index in [-0.39, 0.29) is 9.49 Å². The standard InChI is InChI=1S/C19H19N6O4S/c1-28-15-6-13(7-16(9-15)29-2)22-19-23-18-12-20-4-5-25(18,24-19)14-8-17(11-21-10-14)30(3,26)27/h4-12H,1-3H3,(H,22,24)/q+1. The third kappa shape index (κ3) is 3.55. The lowest BCUT2D eigenvalue weighted by Gasteiger charge is -2.23. The number of nitrogens with zero attached hydrogens (tertiary/aromatic N) is 5.